The molecule has 0 saturated heterocycles. The minimum Gasteiger partial charge on any atom is -0.368 e. The third-order valence-corrected chi connectivity index (χ3v) is 4.72. The van der Waals surface area contributed by atoms with Crippen LogP contribution < -0.4 is 5.32 Å². The van der Waals surface area contributed by atoms with Crippen molar-refractivity contribution in [3.63, 3.8) is 0 Å². The molecule has 0 aromatic carbocycles. The van der Waals surface area contributed by atoms with E-state index in [1.807, 2.05) is 0 Å². The zero-order chi connectivity index (χ0) is 13.6. The number of aromatic nitrogens is 1. The molecular formula is C14H26N2OS. The first kappa shape index (κ1) is 15.6. The van der Waals surface area contributed by atoms with Crippen LogP contribution in [0.15, 0.2) is 0 Å². The normalized spacial score (nSPS) is 12.1. The van der Waals surface area contributed by atoms with Crippen molar-refractivity contribution in [2.75, 3.05) is 13.2 Å². The van der Waals surface area contributed by atoms with Gasteiger partial charge in [-0.2, -0.15) is 0 Å². The molecular weight excluding hydrogens is 244 g/mol. The fraction of sp³-hybridized carbons (Fsp3) is 0.786. The summed E-state index contributed by atoms with van der Waals surface area (Å²) in [6, 6.07) is 0. The van der Waals surface area contributed by atoms with Gasteiger partial charge in [0.05, 0.1) is 5.69 Å². The summed E-state index contributed by atoms with van der Waals surface area (Å²) in [5.41, 5.74) is 0.955. The summed E-state index contributed by atoms with van der Waals surface area (Å²) in [5.74, 6) is 0. The Hall–Kier alpha value is -0.450. The maximum Gasteiger partial charge on any atom is 0.125 e. The fourth-order valence-corrected chi connectivity index (χ4v) is 3.44. The minimum atomic E-state index is -0.186. The number of hydrogen-bond donors (Lipinski definition) is 1. The monoisotopic (exact) mass is 270 g/mol. The molecule has 4 heteroatoms. The summed E-state index contributed by atoms with van der Waals surface area (Å²) in [5, 5.41) is 4.51. The van der Waals surface area contributed by atoms with Gasteiger partial charge in [-0.05, 0) is 33.2 Å². The van der Waals surface area contributed by atoms with Crippen LogP contribution in [-0.2, 0) is 16.9 Å². The van der Waals surface area contributed by atoms with E-state index in [4.69, 9.17) is 9.72 Å². The summed E-state index contributed by atoms with van der Waals surface area (Å²) < 4.78 is 6.01. The third-order valence-electron chi connectivity index (χ3n) is 3.38. The van der Waals surface area contributed by atoms with Gasteiger partial charge in [0.25, 0.3) is 0 Å². The first-order valence-corrected chi connectivity index (χ1v) is 7.76. The fourth-order valence-electron chi connectivity index (χ4n) is 2.12. The number of aryl methyl sites for hydroxylation is 1. The van der Waals surface area contributed by atoms with Crippen LogP contribution in [0.4, 0.5) is 0 Å². The van der Waals surface area contributed by atoms with Gasteiger partial charge in [0.1, 0.15) is 10.6 Å². The molecule has 0 aliphatic carbocycles. The highest BCUT2D eigenvalue weighted by atomic mass is 32.1. The number of rotatable bonds is 8. The molecule has 104 valence electrons. The van der Waals surface area contributed by atoms with Crippen LogP contribution in [-0.4, -0.2) is 18.1 Å². The molecule has 0 saturated carbocycles. The standard InChI is InChI=1S/C14H26N2OS/c1-6-14(7-2,17-9-4)13-16-11(5)12(18-13)10-15-8-3/h15H,6-10H2,1-5H3. The Labute approximate surface area is 115 Å². The molecule has 0 spiro atoms. The number of thiazole rings is 1. The van der Waals surface area contributed by atoms with Crippen molar-refractivity contribution >= 4 is 11.3 Å². The van der Waals surface area contributed by atoms with Gasteiger partial charge in [-0.15, -0.1) is 11.3 Å². The zero-order valence-corrected chi connectivity index (χ0v) is 13.1. The lowest BCUT2D eigenvalue weighted by Gasteiger charge is -2.29. The van der Waals surface area contributed by atoms with Crippen LogP contribution in [0.1, 0.15) is 56.1 Å². The molecule has 0 unspecified atom stereocenters. The molecule has 1 rings (SSSR count). The highest BCUT2D eigenvalue weighted by Gasteiger charge is 2.32. The van der Waals surface area contributed by atoms with Gasteiger partial charge in [0, 0.05) is 18.0 Å². The Kier molecular flexibility index (Phi) is 6.26. The smallest absolute Gasteiger partial charge is 0.125 e. The van der Waals surface area contributed by atoms with Crippen molar-refractivity contribution in [3.05, 3.63) is 15.6 Å². The summed E-state index contributed by atoms with van der Waals surface area (Å²) in [4.78, 5) is 6.08. The quantitative estimate of drug-likeness (QED) is 0.783. The van der Waals surface area contributed by atoms with Crippen molar-refractivity contribution in [3.8, 4) is 0 Å². The zero-order valence-electron chi connectivity index (χ0n) is 12.3. The molecule has 0 aliphatic heterocycles. The van der Waals surface area contributed by atoms with Crippen molar-refractivity contribution in [2.45, 2.75) is 59.6 Å². The highest BCUT2D eigenvalue weighted by Crippen LogP contribution is 2.36. The topological polar surface area (TPSA) is 34.1 Å². The van der Waals surface area contributed by atoms with E-state index < -0.39 is 0 Å². The molecule has 1 aromatic rings. The van der Waals surface area contributed by atoms with Crippen LogP contribution in [0.2, 0.25) is 0 Å². The third kappa shape index (κ3) is 3.31. The van der Waals surface area contributed by atoms with E-state index in [9.17, 15) is 0 Å². The lowest BCUT2D eigenvalue weighted by Crippen LogP contribution is -2.28. The molecule has 3 nitrogen and oxygen atoms in total. The van der Waals surface area contributed by atoms with Crippen molar-refractivity contribution in [2.24, 2.45) is 0 Å². The van der Waals surface area contributed by atoms with Crippen LogP contribution in [0, 0.1) is 6.92 Å². The second kappa shape index (κ2) is 7.22. The van der Waals surface area contributed by atoms with Crippen molar-refractivity contribution in [1.82, 2.24) is 10.3 Å². The second-order valence-electron chi connectivity index (χ2n) is 4.44. The number of ether oxygens (including phenoxy) is 1. The van der Waals surface area contributed by atoms with Gasteiger partial charge in [0.2, 0.25) is 0 Å². The second-order valence-corrected chi connectivity index (χ2v) is 5.53. The molecule has 0 bridgehead atoms. The number of hydrogen-bond acceptors (Lipinski definition) is 4. The van der Waals surface area contributed by atoms with E-state index in [1.54, 1.807) is 11.3 Å². The van der Waals surface area contributed by atoms with E-state index in [0.29, 0.717) is 0 Å². The maximum absolute atomic E-state index is 6.01. The van der Waals surface area contributed by atoms with E-state index >= 15 is 0 Å². The maximum atomic E-state index is 6.01. The Bertz CT molecular complexity index is 359. The molecule has 0 radical (unpaired) electrons. The Balaban J connectivity index is 2.99. The largest absolute Gasteiger partial charge is 0.368 e. The van der Waals surface area contributed by atoms with E-state index in [0.717, 1.165) is 43.2 Å². The molecule has 1 heterocycles. The summed E-state index contributed by atoms with van der Waals surface area (Å²) in [6.07, 6.45) is 1.95. The van der Waals surface area contributed by atoms with Crippen LogP contribution in [0.3, 0.4) is 0 Å². The lowest BCUT2D eigenvalue weighted by molar-refractivity contribution is -0.0507. The molecule has 0 atom stereocenters. The van der Waals surface area contributed by atoms with Crippen molar-refractivity contribution in [1.29, 1.82) is 0 Å². The van der Waals surface area contributed by atoms with Crippen LogP contribution in [0.5, 0.6) is 0 Å². The first-order chi connectivity index (χ1) is 8.63. The van der Waals surface area contributed by atoms with Gasteiger partial charge in [-0.3, -0.25) is 0 Å². The molecule has 1 N–H and O–H groups in total. The summed E-state index contributed by atoms with van der Waals surface area (Å²) in [6.45, 7) is 13.3. The van der Waals surface area contributed by atoms with Gasteiger partial charge >= 0.3 is 0 Å². The van der Waals surface area contributed by atoms with Gasteiger partial charge < -0.3 is 10.1 Å². The highest BCUT2D eigenvalue weighted by molar-refractivity contribution is 7.11. The average molecular weight is 270 g/mol. The van der Waals surface area contributed by atoms with Gasteiger partial charge in [-0.25, -0.2) is 4.98 Å². The minimum absolute atomic E-state index is 0.186. The predicted octanol–water partition coefficient (Wildman–Crippen LogP) is 3.61. The van der Waals surface area contributed by atoms with E-state index in [2.05, 4.69) is 39.9 Å². The summed E-state index contributed by atoms with van der Waals surface area (Å²) >= 11 is 1.80. The molecule has 0 fully saturated rings. The molecule has 0 amide bonds. The lowest BCUT2D eigenvalue weighted by atomic mass is 9.98. The Morgan fingerprint density at radius 1 is 1.22 bits per heavy atom. The van der Waals surface area contributed by atoms with Gasteiger partial charge in [-0.1, -0.05) is 20.8 Å². The number of nitrogens with one attached hydrogen (secondary N) is 1. The Morgan fingerprint density at radius 2 is 1.89 bits per heavy atom. The van der Waals surface area contributed by atoms with Crippen LogP contribution in [0.25, 0.3) is 0 Å². The van der Waals surface area contributed by atoms with E-state index in [-0.39, 0.29) is 5.60 Å². The molecule has 18 heavy (non-hydrogen) atoms. The SMILES string of the molecule is CCNCc1sc(C(CC)(CC)OCC)nc1C. The summed E-state index contributed by atoms with van der Waals surface area (Å²) in [7, 11) is 0. The van der Waals surface area contributed by atoms with Gasteiger partial charge in [0.15, 0.2) is 0 Å². The molecule has 1 aromatic heterocycles. The predicted molar refractivity (Wildman–Crippen MR) is 78.1 cm³/mol. The Morgan fingerprint density at radius 3 is 2.39 bits per heavy atom. The van der Waals surface area contributed by atoms with Crippen molar-refractivity contribution < 1.29 is 4.74 Å². The molecule has 0 aliphatic rings. The van der Waals surface area contributed by atoms with E-state index in [1.165, 1.54) is 4.88 Å². The average Bonchev–Trinajstić information content (AvgIpc) is 2.75. The van der Waals surface area contributed by atoms with Crippen LogP contribution >= 0.6 is 11.3 Å². The number of nitrogens with zero attached hydrogens (tertiary/aromatic N) is 1. The first-order valence-electron chi connectivity index (χ1n) is 6.94.